The maximum Gasteiger partial charge on any atom is 0.316 e. The summed E-state index contributed by atoms with van der Waals surface area (Å²) < 4.78 is 5.81. The number of nitrogens with zero attached hydrogens (tertiary/aromatic N) is 3. The Labute approximate surface area is 126 Å². The zero-order valence-corrected chi connectivity index (χ0v) is 13.4. The van der Waals surface area contributed by atoms with Gasteiger partial charge in [0, 0.05) is 43.7 Å². The van der Waals surface area contributed by atoms with Gasteiger partial charge in [-0.2, -0.15) is 0 Å². The molecule has 0 N–H and O–H groups in total. The van der Waals surface area contributed by atoms with E-state index in [2.05, 4.69) is 16.9 Å². The molecule has 0 aromatic carbocycles. The third kappa shape index (κ3) is 4.16. The predicted octanol–water partition coefficient (Wildman–Crippen LogP) is 2.45. The summed E-state index contributed by atoms with van der Waals surface area (Å²) in [7, 11) is 0. The summed E-state index contributed by atoms with van der Waals surface area (Å²) >= 11 is 0. The minimum absolute atomic E-state index is 0.0986. The van der Waals surface area contributed by atoms with Crippen LogP contribution in [0.2, 0.25) is 0 Å². The normalized spacial score (nSPS) is 16.9. The smallest absolute Gasteiger partial charge is 0.316 e. The van der Waals surface area contributed by atoms with Crippen molar-refractivity contribution in [2.24, 2.45) is 5.41 Å². The lowest BCUT2D eigenvalue weighted by molar-refractivity contribution is -0.141. The van der Waals surface area contributed by atoms with E-state index in [-0.39, 0.29) is 17.4 Å². The monoisotopic (exact) mass is 291 g/mol. The van der Waals surface area contributed by atoms with Crippen LogP contribution in [-0.4, -0.2) is 40.0 Å². The molecule has 1 saturated heterocycles. The fourth-order valence-electron chi connectivity index (χ4n) is 2.39. The second kappa shape index (κ2) is 6.41. The highest BCUT2D eigenvalue weighted by Crippen LogP contribution is 2.22. The van der Waals surface area contributed by atoms with Crippen LogP contribution in [0, 0.1) is 5.41 Å². The quantitative estimate of drug-likeness (QED) is 0.858. The van der Waals surface area contributed by atoms with Crippen molar-refractivity contribution in [3.8, 4) is 6.01 Å². The van der Waals surface area contributed by atoms with Crippen molar-refractivity contribution in [3.05, 3.63) is 18.0 Å². The third-order valence-electron chi connectivity index (χ3n) is 3.73. The van der Waals surface area contributed by atoms with Crippen molar-refractivity contribution in [1.29, 1.82) is 0 Å². The van der Waals surface area contributed by atoms with Gasteiger partial charge < -0.3 is 9.64 Å². The molecule has 2 rings (SSSR count). The van der Waals surface area contributed by atoms with Gasteiger partial charge in [-0.3, -0.25) is 4.79 Å². The summed E-state index contributed by atoms with van der Waals surface area (Å²) in [5.74, 6) is 0.212. The van der Waals surface area contributed by atoms with Gasteiger partial charge in [0.25, 0.3) is 0 Å². The first-order chi connectivity index (χ1) is 9.90. The topological polar surface area (TPSA) is 55.3 Å². The Morgan fingerprint density at radius 1 is 1.29 bits per heavy atom. The molecule has 0 radical (unpaired) electrons. The molecule has 0 unspecified atom stereocenters. The molecule has 1 aliphatic rings. The second-order valence-electron chi connectivity index (χ2n) is 6.59. The molecule has 1 aliphatic heterocycles. The van der Waals surface area contributed by atoms with Crippen molar-refractivity contribution in [1.82, 2.24) is 14.9 Å². The van der Waals surface area contributed by atoms with E-state index in [1.165, 1.54) is 0 Å². The molecule has 5 nitrogen and oxygen atoms in total. The molecule has 2 heterocycles. The number of hydrogen-bond donors (Lipinski definition) is 0. The molecule has 1 aromatic heterocycles. The van der Waals surface area contributed by atoms with Crippen LogP contribution in [-0.2, 0) is 11.2 Å². The van der Waals surface area contributed by atoms with Crippen LogP contribution in [0.25, 0.3) is 0 Å². The van der Waals surface area contributed by atoms with Crippen molar-refractivity contribution in [2.75, 3.05) is 13.1 Å². The molecule has 0 bridgehead atoms. The van der Waals surface area contributed by atoms with E-state index in [9.17, 15) is 4.79 Å². The van der Waals surface area contributed by atoms with Gasteiger partial charge in [-0.15, -0.1) is 0 Å². The number of piperidine rings is 1. The summed E-state index contributed by atoms with van der Waals surface area (Å²) in [4.78, 5) is 22.6. The number of aryl methyl sites for hydroxylation is 1. The Morgan fingerprint density at radius 2 is 1.86 bits per heavy atom. The summed E-state index contributed by atoms with van der Waals surface area (Å²) in [6.07, 6.45) is 6.30. The van der Waals surface area contributed by atoms with E-state index < -0.39 is 0 Å². The second-order valence-corrected chi connectivity index (χ2v) is 6.59. The maximum absolute atomic E-state index is 12.2. The molecule has 0 atom stereocenters. The number of hydrogen-bond acceptors (Lipinski definition) is 4. The number of ether oxygens (including phenoxy) is 1. The lowest BCUT2D eigenvalue weighted by atomic mass is 9.93. The third-order valence-corrected chi connectivity index (χ3v) is 3.73. The van der Waals surface area contributed by atoms with E-state index >= 15 is 0 Å². The molecule has 1 aromatic rings. The summed E-state index contributed by atoms with van der Waals surface area (Å²) in [5.41, 5.74) is 0.792. The Hall–Kier alpha value is -1.65. The van der Waals surface area contributed by atoms with E-state index in [0.717, 1.165) is 37.9 Å². The Balaban J connectivity index is 1.85. The van der Waals surface area contributed by atoms with E-state index in [0.29, 0.717) is 6.01 Å². The van der Waals surface area contributed by atoms with Gasteiger partial charge in [-0.05, 0) is 12.0 Å². The Bertz CT molecular complexity index is 471. The van der Waals surface area contributed by atoms with Gasteiger partial charge in [0.2, 0.25) is 5.91 Å². The standard InChI is InChI=1S/C16H25N3O2/c1-5-12-10-17-15(18-11-12)21-13-6-8-19(9-7-13)14(20)16(2,3)4/h10-11,13H,5-9H2,1-4H3. The molecule has 1 fully saturated rings. The summed E-state index contributed by atoms with van der Waals surface area (Å²) in [6, 6.07) is 0.438. The van der Waals surface area contributed by atoms with Gasteiger partial charge in [0.15, 0.2) is 0 Å². The molecule has 21 heavy (non-hydrogen) atoms. The van der Waals surface area contributed by atoms with Crippen LogP contribution in [0.5, 0.6) is 6.01 Å². The largest absolute Gasteiger partial charge is 0.460 e. The molecule has 0 aliphatic carbocycles. The van der Waals surface area contributed by atoms with Gasteiger partial charge in [-0.25, -0.2) is 9.97 Å². The van der Waals surface area contributed by atoms with Gasteiger partial charge in [0.05, 0.1) is 0 Å². The van der Waals surface area contributed by atoms with Crippen LogP contribution in [0.3, 0.4) is 0 Å². The lowest BCUT2D eigenvalue weighted by Gasteiger charge is -2.35. The van der Waals surface area contributed by atoms with Crippen LogP contribution in [0.4, 0.5) is 0 Å². The van der Waals surface area contributed by atoms with Crippen molar-refractivity contribution in [2.45, 2.75) is 53.1 Å². The van der Waals surface area contributed by atoms with Crippen molar-refractivity contribution < 1.29 is 9.53 Å². The summed E-state index contributed by atoms with van der Waals surface area (Å²) in [6.45, 7) is 9.44. The number of amides is 1. The molecule has 1 amide bonds. The van der Waals surface area contributed by atoms with Crippen molar-refractivity contribution >= 4 is 5.91 Å². The molecular weight excluding hydrogens is 266 g/mol. The first kappa shape index (κ1) is 15.7. The van der Waals surface area contributed by atoms with E-state index in [1.807, 2.05) is 25.7 Å². The number of rotatable bonds is 3. The predicted molar refractivity (Wildman–Crippen MR) is 81.1 cm³/mol. The van der Waals surface area contributed by atoms with Crippen LogP contribution >= 0.6 is 0 Å². The summed E-state index contributed by atoms with van der Waals surface area (Å²) in [5, 5.41) is 0. The zero-order chi connectivity index (χ0) is 15.5. The molecule has 0 saturated carbocycles. The Kier molecular flexibility index (Phi) is 4.80. The highest BCUT2D eigenvalue weighted by molar-refractivity contribution is 5.81. The molecular formula is C16H25N3O2. The molecule has 5 heteroatoms. The van der Waals surface area contributed by atoms with Gasteiger partial charge in [0.1, 0.15) is 6.10 Å². The maximum atomic E-state index is 12.2. The first-order valence-corrected chi connectivity index (χ1v) is 7.67. The SMILES string of the molecule is CCc1cnc(OC2CCN(C(=O)C(C)(C)C)CC2)nc1. The number of likely N-dealkylation sites (tertiary alicyclic amines) is 1. The zero-order valence-electron chi connectivity index (χ0n) is 13.4. The number of carbonyl (C=O) groups is 1. The fourth-order valence-corrected chi connectivity index (χ4v) is 2.39. The number of carbonyl (C=O) groups excluding carboxylic acids is 1. The lowest BCUT2D eigenvalue weighted by Crippen LogP contribution is -2.46. The molecule has 116 valence electrons. The minimum Gasteiger partial charge on any atom is -0.460 e. The fraction of sp³-hybridized carbons (Fsp3) is 0.688. The van der Waals surface area contributed by atoms with E-state index in [4.69, 9.17) is 4.74 Å². The highest BCUT2D eigenvalue weighted by Gasteiger charge is 2.31. The highest BCUT2D eigenvalue weighted by atomic mass is 16.5. The van der Waals surface area contributed by atoms with Crippen LogP contribution < -0.4 is 4.74 Å². The van der Waals surface area contributed by atoms with Crippen molar-refractivity contribution in [3.63, 3.8) is 0 Å². The first-order valence-electron chi connectivity index (χ1n) is 7.67. The Morgan fingerprint density at radius 3 is 2.33 bits per heavy atom. The van der Waals surface area contributed by atoms with E-state index in [1.54, 1.807) is 12.4 Å². The molecule has 0 spiro atoms. The average molecular weight is 291 g/mol. The van der Waals surface area contributed by atoms with Crippen LogP contribution in [0.15, 0.2) is 12.4 Å². The average Bonchev–Trinajstić information content (AvgIpc) is 2.47. The van der Waals surface area contributed by atoms with Gasteiger partial charge >= 0.3 is 6.01 Å². The van der Waals surface area contributed by atoms with Crippen LogP contribution in [0.1, 0.15) is 46.1 Å². The minimum atomic E-state index is -0.313. The van der Waals surface area contributed by atoms with Gasteiger partial charge in [-0.1, -0.05) is 27.7 Å². The number of aromatic nitrogens is 2.